The fourth-order valence-corrected chi connectivity index (χ4v) is 2.46. The highest BCUT2D eigenvalue weighted by Gasteiger charge is 2.27. The maximum atomic E-state index is 12.4. The third kappa shape index (κ3) is 4.61. The lowest BCUT2D eigenvalue weighted by molar-refractivity contribution is -0.142. The summed E-state index contributed by atoms with van der Waals surface area (Å²) in [6, 6.07) is 7.29. The minimum atomic E-state index is -0.00836. The van der Waals surface area contributed by atoms with Gasteiger partial charge in [-0.3, -0.25) is 4.79 Å². The number of hydrogen-bond donors (Lipinski definition) is 0. The number of ether oxygens (including phenoxy) is 3. The quantitative estimate of drug-likeness (QED) is 0.780. The molecule has 0 saturated carbocycles. The van der Waals surface area contributed by atoms with Crippen molar-refractivity contribution in [3.8, 4) is 11.5 Å². The van der Waals surface area contributed by atoms with Gasteiger partial charge in [0.1, 0.15) is 11.5 Å². The van der Waals surface area contributed by atoms with Gasteiger partial charge in [0.15, 0.2) is 6.61 Å². The summed E-state index contributed by atoms with van der Waals surface area (Å²) >= 11 is 0. The molecule has 22 heavy (non-hydrogen) atoms. The Labute approximate surface area is 131 Å². The van der Waals surface area contributed by atoms with Crippen molar-refractivity contribution in [3.63, 3.8) is 0 Å². The number of methoxy groups -OCH3 is 1. The molecule has 1 unspecified atom stereocenters. The molecule has 1 aliphatic rings. The largest absolute Gasteiger partial charge is 0.497 e. The van der Waals surface area contributed by atoms with Crippen molar-refractivity contribution in [3.05, 3.63) is 24.3 Å². The van der Waals surface area contributed by atoms with Crippen LogP contribution < -0.4 is 9.47 Å². The molecular formula is C16H24N2O4. The summed E-state index contributed by atoms with van der Waals surface area (Å²) in [6.45, 7) is 2.60. The highest BCUT2D eigenvalue weighted by molar-refractivity contribution is 5.78. The molecule has 6 heteroatoms. The van der Waals surface area contributed by atoms with E-state index in [1.165, 1.54) is 0 Å². The molecule has 0 radical (unpaired) electrons. The normalized spacial score (nSPS) is 18.4. The second-order valence-electron chi connectivity index (χ2n) is 5.54. The molecule has 0 aromatic heterocycles. The zero-order chi connectivity index (χ0) is 15.9. The van der Waals surface area contributed by atoms with Crippen molar-refractivity contribution in [1.82, 2.24) is 9.80 Å². The summed E-state index contributed by atoms with van der Waals surface area (Å²) in [7, 11) is 5.60. The Morgan fingerprint density at radius 3 is 2.64 bits per heavy atom. The molecule has 1 aromatic rings. The van der Waals surface area contributed by atoms with Crippen LogP contribution in [-0.4, -0.2) is 75.9 Å². The molecule has 0 aliphatic carbocycles. The van der Waals surface area contributed by atoms with Gasteiger partial charge in [-0.05, 0) is 38.4 Å². The van der Waals surface area contributed by atoms with Gasteiger partial charge in [-0.2, -0.15) is 0 Å². The Balaban J connectivity index is 1.88. The summed E-state index contributed by atoms with van der Waals surface area (Å²) in [6.07, 6.45) is 0. The minimum absolute atomic E-state index is 0.00836. The third-order valence-electron chi connectivity index (χ3n) is 3.55. The van der Waals surface area contributed by atoms with Crippen LogP contribution >= 0.6 is 0 Å². The van der Waals surface area contributed by atoms with Gasteiger partial charge in [-0.15, -0.1) is 0 Å². The molecule has 2 rings (SSSR count). The van der Waals surface area contributed by atoms with Crippen LogP contribution in [-0.2, 0) is 9.53 Å². The van der Waals surface area contributed by atoms with Crippen LogP contribution in [0.4, 0.5) is 0 Å². The fourth-order valence-electron chi connectivity index (χ4n) is 2.46. The minimum Gasteiger partial charge on any atom is -0.497 e. The fraction of sp³-hybridized carbons (Fsp3) is 0.562. The average Bonchev–Trinajstić information content (AvgIpc) is 2.53. The summed E-state index contributed by atoms with van der Waals surface area (Å²) < 4.78 is 16.1. The molecule has 1 atom stereocenters. The van der Waals surface area contributed by atoms with Crippen LogP contribution in [0.15, 0.2) is 24.3 Å². The molecule has 6 nitrogen and oxygen atoms in total. The smallest absolute Gasteiger partial charge is 0.260 e. The van der Waals surface area contributed by atoms with Gasteiger partial charge in [0.25, 0.3) is 5.91 Å². The lowest BCUT2D eigenvalue weighted by atomic mass is 10.2. The number of morpholine rings is 1. The number of amides is 1. The van der Waals surface area contributed by atoms with Gasteiger partial charge >= 0.3 is 0 Å². The van der Waals surface area contributed by atoms with Gasteiger partial charge in [0.05, 0.1) is 26.4 Å². The summed E-state index contributed by atoms with van der Waals surface area (Å²) in [5.74, 6) is 1.41. The first-order valence-electron chi connectivity index (χ1n) is 7.39. The van der Waals surface area contributed by atoms with Crippen molar-refractivity contribution >= 4 is 5.91 Å². The van der Waals surface area contributed by atoms with Gasteiger partial charge in [-0.25, -0.2) is 0 Å². The Hall–Kier alpha value is -1.79. The van der Waals surface area contributed by atoms with Crippen LogP contribution in [0.3, 0.4) is 0 Å². The molecule has 1 heterocycles. The van der Waals surface area contributed by atoms with E-state index in [2.05, 4.69) is 4.90 Å². The van der Waals surface area contributed by atoms with Crippen molar-refractivity contribution in [2.45, 2.75) is 6.04 Å². The van der Waals surface area contributed by atoms with E-state index in [4.69, 9.17) is 14.2 Å². The van der Waals surface area contributed by atoms with Crippen LogP contribution in [0.2, 0.25) is 0 Å². The molecule has 1 fully saturated rings. The van der Waals surface area contributed by atoms with E-state index >= 15 is 0 Å². The van der Waals surface area contributed by atoms with E-state index in [-0.39, 0.29) is 18.6 Å². The number of hydrogen-bond acceptors (Lipinski definition) is 5. The molecule has 0 spiro atoms. The standard InChI is InChI=1S/C16H24N2O4/c1-17(2)10-13-11-21-9-8-18(13)16(19)12-22-15-6-4-14(20-3)5-7-15/h4-7,13H,8-12H2,1-3H3. The van der Waals surface area contributed by atoms with Crippen LogP contribution in [0.25, 0.3) is 0 Å². The zero-order valence-electron chi connectivity index (χ0n) is 13.4. The predicted molar refractivity (Wildman–Crippen MR) is 83.4 cm³/mol. The lowest BCUT2D eigenvalue weighted by Crippen LogP contribution is -2.53. The van der Waals surface area contributed by atoms with E-state index in [0.717, 1.165) is 12.3 Å². The molecule has 1 saturated heterocycles. The highest BCUT2D eigenvalue weighted by Crippen LogP contribution is 2.17. The van der Waals surface area contributed by atoms with Gasteiger partial charge in [0.2, 0.25) is 0 Å². The van der Waals surface area contributed by atoms with Gasteiger partial charge in [-0.1, -0.05) is 0 Å². The maximum absolute atomic E-state index is 12.4. The number of likely N-dealkylation sites (N-methyl/N-ethyl adjacent to an activating group) is 1. The number of carbonyl (C=O) groups is 1. The van der Waals surface area contributed by atoms with E-state index in [1.807, 2.05) is 31.1 Å². The van der Waals surface area contributed by atoms with Gasteiger partial charge in [0, 0.05) is 13.1 Å². The molecule has 1 aromatic carbocycles. The summed E-state index contributed by atoms with van der Waals surface area (Å²) in [5.41, 5.74) is 0. The SMILES string of the molecule is COc1ccc(OCC(=O)N2CCOCC2CN(C)C)cc1. The molecule has 0 N–H and O–H groups in total. The van der Waals surface area contributed by atoms with Crippen LogP contribution in [0.5, 0.6) is 11.5 Å². The van der Waals surface area contributed by atoms with Crippen molar-refractivity contribution in [1.29, 1.82) is 0 Å². The molecule has 1 aliphatic heterocycles. The second kappa shape index (κ2) is 8.00. The number of benzene rings is 1. The molecule has 0 bridgehead atoms. The first kappa shape index (κ1) is 16.6. The Morgan fingerprint density at radius 1 is 1.32 bits per heavy atom. The first-order chi connectivity index (χ1) is 10.6. The van der Waals surface area contributed by atoms with Crippen molar-refractivity contribution in [2.24, 2.45) is 0 Å². The summed E-state index contributed by atoms with van der Waals surface area (Å²) in [4.78, 5) is 16.3. The Morgan fingerprint density at radius 2 is 2.00 bits per heavy atom. The number of nitrogens with zero attached hydrogens (tertiary/aromatic N) is 2. The lowest BCUT2D eigenvalue weighted by Gasteiger charge is -2.36. The number of carbonyl (C=O) groups excluding carboxylic acids is 1. The zero-order valence-corrected chi connectivity index (χ0v) is 13.4. The topological polar surface area (TPSA) is 51.2 Å². The Kier molecular flexibility index (Phi) is 6.03. The Bertz CT molecular complexity index is 476. The van der Waals surface area contributed by atoms with Crippen LogP contribution in [0.1, 0.15) is 0 Å². The maximum Gasteiger partial charge on any atom is 0.260 e. The van der Waals surface area contributed by atoms with E-state index in [9.17, 15) is 4.79 Å². The summed E-state index contributed by atoms with van der Waals surface area (Å²) in [5, 5.41) is 0. The molecule has 1 amide bonds. The monoisotopic (exact) mass is 308 g/mol. The third-order valence-corrected chi connectivity index (χ3v) is 3.55. The predicted octanol–water partition coefficient (Wildman–Crippen LogP) is 0.863. The number of rotatable bonds is 6. The van der Waals surface area contributed by atoms with Crippen LogP contribution in [0, 0.1) is 0 Å². The van der Waals surface area contributed by atoms with E-state index in [1.54, 1.807) is 19.2 Å². The molecule has 122 valence electrons. The first-order valence-corrected chi connectivity index (χ1v) is 7.39. The highest BCUT2D eigenvalue weighted by atomic mass is 16.5. The van der Waals surface area contributed by atoms with Gasteiger partial charge < -0.3 is 24.0 Å². The van der Waals surface area contributed by atoms with Crippen molar-refractivity contribution < 1.29 is 19.0 Å². The van der Waals surface area contributed by atoms with E-state index < -0.39 is 0 Å². The second-order valence-corrected chi connectivity index (χ2v) is 5.54. The molecular weight excluding hydrogens is 284 g/mol. The van der Waals surface area contributed by atoms with E-state index in [0.29, 0.717) is 25.5 Å². The van der Waals surface area contributed by atoms with Crippen molar-refractivity contribution in [2.75, 3.05) is 54.1 Å². The average molecular weight is 308 g/mol.